The number of hydrogen-bond acceptors (Lipinski definition) is 4. The highest BCUT2D eigenvalue weighted by Crippen LogP contribution is 2.39. The van der Waals surface area contributed by atoms with Gasteiger partial charge >= 0.3 is 0 Å². The van der Waals surface area contributed by atoms with Gasteiger partial charge in [-0.15, -0.1) is 0 Å². The normalized spacial score (nSPS) is 18.2. The second kappa shape index (κ2) is 7.87. The molecular formula is C23H26N2O4S. The van der Waals surface area contributed by atoms with Crippen LogP contribution >= 0.6 is 0 Å². The van der Waals surface area contributed by atoms with E-state index in [-0.39, 0.29) is 40.8 Å². The molecule has 2 amide bonds. The number of carbonyl (C=O) groups excluding carboxylic acids is 2. The lowest BCUT2D eigenvalue weighted by Gasteiger charge is -2.22. The molecule has 0 saturated heterocycles. The molecule has 1 saturated carbocycles. The van der Waals surface area contributed by atoms with Crippen LogP contribution in [0.25, 0.3) is 0 Å². The van der Waals surface area contributed by atoms with Crippen LogP contribution in [0.5, 0.6) is 0 Å². The average molecular weight is 427 g/mol. The van der Waals surface area contributed by atoms with Crippen molar-refractivity contribution in [2.45, 2.75) is 50.5 Å². The second-order valence-corrected chi connectivity index (χ2v) is 10.4. The van der Waals surface area contributed by atoms with Crippen LogP contribution in [-0.2, 0) is 25.8 Å². The Hall–Kier alpha value is -2.67. The molecule has 158 valence electrons. The van der Waals surface area contributed by atoms with Gasteiger partial charge in [0.1, 0.15) is 0 Å². The SMILES string of the molecule is Cc1ccccc1NC(=O)CCS(=O)(=O)c1ccc2c(c1)C[C@H](C)N2C(=O)C1CC1. The summed E-state index contributed by atoms with van der Waals surface area (Å²) >= 11 is 0. The van der Waals surface area contributed by atoms with Gasteiger partial charge in [-0.3, -0.25) is 9.59 Å². The monoisotopic (exact) mass is 426 g/mol. The van der Waals surface area contributed by atoms with Crippen molar-refractivity contribution in [2.75, 3.05) is 16.0 Å². The summed E-state index contributed by atoms with van der Waals surface area (Å²) in [7, 11) is -3.60. The first-order chi connectivity index (χ1) is 14.3. The minimum absolute atomic E-state index is 0.0333. The van der Waals surface area contributed by atoms with Crippen LogP contribution in [0, 0.1) is 12.8 Å². The Morgan fingerprint density at radius 3 is 2.57 bits per heavy atom. The molecule has 0 unspecified atom stereocenters. The predicted octanol–water partition coefficient (Wildman–Crippen LogP) is 3.49. The van der Waals surface area contributed by atoms with E-state index in [4.69, 9.17) is 0 Å². The number of benzene rings is 2. The zero-order valence-corrected chi connectivity index (χ0v) is 18.0. The van der Waals surface area contributed by atoms with Gasteiger partial charge in [0.15, 0.2) is 9.84 Å². The summed E-state index contributed by atoms with van der Waals surface area (Å²) in [5.41, 5.74) is 3.30. The third-order valence-electron chi connectivity index (χ3n) is 5.81. The van der Waals surface area contributed by atoms with Crippen molar-refractivity contribution >= 4 is 33.0 Å². The van der Waals surface area contributed by atoms with Crippen LogP contribution in [0.15, 0.2) is 47.4 Å². The Bertz CT molecular complexity index is 1110. The molecule has 1 fully saturated rings. The first kappa shape index (κ1) is 20.6. The molecule has 6 nitrogen and oxygen atoms in total. The number of nitrogens with zero attached hydrogens (tertiary/aromatic N) is 1. The lowest BCUT2D eigenvalue weighted by Crippen LogP contribution is -2.36. The smallest absolute Gasteiger partial charge is 0.230 e. The Balaban J connectivity index is 1.45. The van der Waals surface area contributed by atoms with Crippen LogP contribution in [0.3, 0.4) is 0 Å². The van der Waals surface area contributed by atoms with Crippen LogP contribution in [-0.4, -0.2) is 32.0 Å². The van der Waals surface area contributed by atoms with E-state index in [1.54, 1.807) is 24.3 Å². The largest absolute Gasteiger partial charge is 0.326 e. The fourth-order valence-electron chi connectivity index (χ4n) is 3.93. The highest BCUT2D eigenvalue weighted by molar-refractivity contribution is 7.91. The van der Waals surface area contributed by atoms with Crippen molar-refractivity contribution in [1.29, 1.82) is 0 Å². The van der Waals surface area contributed by atoms with Crippen molar-refractivity contribution in [1.82, 2.24) is 0 Å². The van der Waals surface area contributed by atoms with Gasteiger partial charge < -0.3 is 10.2 Å². The third-order valence-corrected chi connectivity index (χ3v) is 7.52. The molecule has 0 spiro atoms. The molecule has 2 aromatic rings. The number of rotatable bonds is 6. The number of hydrogen-bond donors (Lipinski definition) is 1. The van der Waals surface area contributed by atoms with Gasteiger partial charge in [-0.2, -0.15) is 0 Å². The van der Waals surface area contributed by atoms with E-state index >= 15 is 0 Å². The fourth-order valence-corrected chi connectivity index (χ4v) is 5.22. The molecule has 1 N–H and O–H groups in total. The maximum absolute atomic E-state index is 12.8. The highest BCUT2D eigenvalue weighted by atomic mass is 32.2. The Morgan fingerprint density at radius 1 is 1.13 bits per heavy atom. The molecule has 1 heterocycles. The molecule has 0 bridgehead atoms. The van der Waals surface area contributed by atoms with Crippen molar-refractivity contribution < 1.29 is 18.0 Å². The summed E-state index contributed by atoms with van der Waals surface area (Å²) in [6.07, 6.45) is 2.41. The van der Waals surface area contributed by atoms with Crippen molar-refractivity contribution in [3.05, 3.63) is 53.6 Å². The summed E-state index contributed by atoms with van der Waals surface area (Å²) in [5, 5.41) is 2.77. The highest BCUT2D eigenvalue weighted by Gasteiger charge is 2.39. The summed E-state index contributed by atoms with van der Waals surface area (Å²) in [5.74, 6) is -0.328. The van der Waals surface area contributed by atoms with E-state index < -0.39 is 9.84 Å². The van der Waals surface area contributed by atoms with Gasteiger partial charge in [-0.25, -0.2) is 8.42 Å². The van der Waals surface area contributed by atoms with Gasteiger partial charge in [0.2, 0.25) is 11.8 Å². The summed E-state index contributed by atoms with van der Waals surface area (Å²) < 4.78 is 25.6. The number of fused-ring (bicyclic) bond motifs is 1. The summed E-state index contributed by atoms with van der Waals surface area (Å²) in [6, 6.07) is 12.4. The standard InChI is InChI=1S/C23H26N2O4S/c1-15-5-3-4-6-20(15)24-22(26)11-12-30(28,29)19-9-10-21-18(14-19)13-16(2)25(21)23(27)17-7-8-17/h3-6,9-10,14,16-17H,7-8,11-13H2,1-2H3,(H,24,26)/t16-/m0/s1. The van der Waals surface area contributed by atoms with Gasteiger partial charge in [0.05, 0.1) is 10.6 Å². The molecule has 2 aromatic carbocycles. The first-order valence-corrected chi connectivity index (χ1v) is 12.0. The summed E-state index contributed by atoms with van der Waals surface area (Å²) in [4.78, 5) is 26.8. The van der Waals surface area contributed by atoms with Crippen LogP contribution in [0.1, 0.15) is 37.3 Å². The fraction of sp³-hybridized carbons (Fsp3) is 0.391. The lowest BCUT2D eigenvalue weighted by molar-refractivity contribution is -0.120. The maximum Gasteiger partial charge on any atom is 0.230 e. The minimum atomic E-state index is -3.60. The Labute approximate surface area is 177 Å². The molecule has 0 aromatic heterocycles. The van der Waals surface area contributed by atoms with E-state index in [1.165, 1.54) is 0 Å². The molecule has 1 aliphatic carbocycles. The second-order valence-electron chi connectivity index (χ2n) is 8.26. The molecule has 1 aliphatic heterocycles. The minimum Gasteiger partial charge on any atom is -0.326 e. The van der Waals surface area contributed by atoms with E-state index in [0.717, 1.165) is 29.7 Å². The predicted molar refractivity (Wildman–Crippen MR) is 116 cm³/mol. The van der Waals surface area contributed by atoms with Crippen LogP contribution in [0.2, 0.25) is 0 Å². The molecular weight excluding hydrogens is 400 g/mol. The number of amides is 2. The number of nitrogens with one attached hydrogen (secondary N) is 1. The first-order valence-electron chi connectivity index (χ1n) is 10.3. The maximum atomic E-state index is 12.8. The number of anilines is 2. The van der Waals surface area contributed by atoms with Gasteiger partial charge in [0.25, 0.3) is 0 Å². The van der Waals surface area contributed by atoms with Gasteiger partial charge in [-0.1, -0.05) is 18.2 Å². The van der Waals surface area contributed by atoms with Crippen molar-refractivity contribution in [2.24, 2.45) is 5.92 Å². The van der Waals surface area contributed by atoms with E-state index in [0.29, 0.717) is 12.1 Å². The van der Waals surface area contributed by atoms with E-state index in [1.807, 2.05) is 36.9 Å². The molecule has 4 rings (SSSR count). The Morgan fingerprint density at radius 2 is 1.87 bits per heavy atom. The van der Waals surface area contributed by atoms with Crippen molar-refractivity contribution in [3.8, 4) is 0 Å². The topological polar surface area (TPSA) is 83.6 Å². The van der Waals surface area contributed by atoms with Crippen molar-refractivity contribution in [3.63, 3.8) is 0 Å². The molecule has 2 aliphatic rings. The Kier molecular flexibility index (Phi) is 5.40. The quantitative estimate of drug-likeness (QED) is 0.766. The number of aryl methyl sites for hydroxylation is 1. The number of sulfone groups is 1. The van der Waals surface area contributed by atoms with Gasteiger partial charge in [0, 0.05) is 29.8 Å². The summed E-state index contributed by atoms with van der Waals surface area (Å²) in [6.45, 7) is 3.87. The zero-order valence-electron chi connectivity index (χ0n) is 17.2. The van der Waals surface area contributed by atoms with Crippen LogP contribution in [0.4, 0.5) is 11.4 Å². The average Bonchev–Trinajstić information content (AvgIpc) is 3.50. The van der Waals surface area contributed by atoms with Crippen LogP contribution < -0.4 is 10.2 Å². The lowest BCUT2D eigenvalue weighted by atomic mass is 10.1. The molecule has 7 heteroatoms. The molecule has 1 atom stereocenters. The molecule has 0 radical (unpaired) electrons. The van der Waals surface area contributed by atoms with Gasteiger partial charge in [-0.05, 0) is 68.5 Å². The number of carbonyl (C=O) groups is 2. The number of para-hydroxylation sites is 1. The third kappa shape index (κ3) is 4.12. The molecule has 30 heavy (non-hydrogen) atoms. The van der Waals surface area contributed by atoms with E-state index in [2.05, 4.69) is 5.32 Å². The van der Waals surface area contributed by atoms with E-state index in [9.17, 15) is 18.0 Å². The zero-order chi connectivity index (χ0) is 21.5.